The number of hydrogen-bond acceptors (Lipinski definition) is 5. The average molecular weight is 680 g/mol. The molecule has 0 saturated carbocycles. The van der Waals surface area contributed by atoms with Gasteiger partial charge in [0.05, 0.1) is 20.3 Å². The molecule has 4 aliphatic rings. The van der Waals surface area contributed by atoms with Crippen molar-refractivity contribution in [3.05, 3.63) is 129 Å². The topological polar surface area (TPSA) is 50.6 Å². The first-order valence-corrected chi connectivity index (χ1v) is 15.7. The van der Waals surface area contributed by atoms with Gasteiger partial charge in [0.2, 0.25) is 6.79 Å². The Hall–Kier alpha value is -4.18. The fraction of sp³-hybridized carbons (Fsp3) is 0.316. The van der Waals surface area contributed by atoms with E-state index in [1.165, 1.54) is 28.2 Å². The quantitative estimate of drug-likeness (QED) is 0.410. The van der Waals surface area contributed by atoms with E-state index >= 15 is 0 Å². The maximum atomic E-state index is 12.9. The minimum absolute atomic E-state index is 0. The summed E-state index contributed by atoms with van der Waals surface area (Å²) in [4.78, 5) is 1.18. The molecule has 3 heterocycles. The lowest BCUT2D eigenvalue weighted by atomic mass is 9.80. The molecule has 6 nitrogen and oxygen atoms in total. The average Bonchev–Trinajstić information content (AvgIpc) is 3.49. The van der Waals surface area contributed by atoms with Crippen LogP contribution in [0.15, 0.2) is 101 Å². The number of hydrogen-bond donors (Lipinski definition) is 1. The van der Waals surface area contributed by atoms with Gasteiger partial charge in [0.1, 0.15) is 29.5 Å². The molecule has 0 amide bonds. The van der Waals surface area contributed by atoms with Crippen LogP contribution in [-0.4, -0.2) is 32.9 Å². The van der Waals surface area contributed by atoms with Crippen molar-refractivity contribution in [1.29, 1.82) is 0 Å². The van der Waals surface area contributed by atoms with E-state index in [2.05, 4.69) is 74.2 Å². The van der Waals surface area contributed by atoms with Gasteiger partial charge in [-0.3, -0.25) is 4.90 Å². The Labute approximate surface area is 284 Å². The molecule has 0 radical (unpaired) electrons. The Morgan fingerprint density at radius 2 is 1.58 bits per heavy atom. The summed E-state index contributed by atoms with van der Waals surface area (Å²) in [6, 6.07) is 18.7. The first-order valence-electron chi connectivity index (χ1n) is 15.7. The van der Waals surface area contributed by atoms with Crippen LogP contribution >= 0.6 is 0 Å². The minimum Gasteiger partial charge on any atom is -1.00 e. The van der Waals surface area contributed by atoms with E-state index < -0.39 is 12.5 Å². The van der Waals surface area contributed by atoms with Gasteiger partial charge < -0.3 is 36.1 Å². The minimum atomic E-state index is -4.75. The second kappa shape index (κ2) is 13.0. The third-order valence-corrected chi connectivity index (χ3v) is 9.09. The van der Waals surface area contributed by atoms with E-state index in [4.69, 9.17) is 18.9 Å². The molecule has 3 aliphatic heterocycles. The predicted molar refractivity (Wildman–Crippen MR) is 171 cm³/mol. The predicted octanol–water partition coefficient (Wildman–Crippen LogP) is 3.96. The molecule has 48 heavy (non-hydrogen) atoms. The first kappa shape index (κ1) is 33.7. The zero-order valence-corrected chi connectivity index (χ0v) is 27.9. The zero-order valence-electron chi connectivity index (χ0n) is 27.2. The number of allylic oxidation sites excluding steroid dienone is 3. The van der Waals surface area contributed by atoms with Gasteiger partial charge in [0.25, 0.3) is 0 Å². The van der Waals surface area contributed by atoms with Crippen molar-refractivity contribution in [2.75, 3.05) is 20.4 Å². The molecular weight excluding hydrogens is 643 g/mol. The van der Waals surface area contributed by atoms with Gasteiger partial charge in [-0.15, -0.1) is 13.2 Å². The highest BCUT2D eigenvalue weighted by atomic mass is 35.5. The van der Waals surface area contributed by atoms with Crippen LogP contribution in [0.3, 0.4) is 0 Å². The van der Waals surface area contributed by atoms with Gasteiger partial charge in [-0.2, -0.15) is 0 Å². The van der Waals surface area contributed by atoms with Crippen LogP contribution in [0.4, 0.5) is 13.2 Å². The van der Waals surface area contributed by atoms with Crippen molar-refractivity contribution in [2.45, 2.75) is 58.1 Å². The van der Waals surface area contributed by atoms with E-state index in [1.807, 2.05) is 6.08 Å². The van der Waals surface area contributed by atoms with Crippen LogP contribution in [0, 0.1) is 0 Å². The Balaban J connectivity index is 0.00000401. The molecule has 3 aromatic rings. The summed E-state index contributed by atoms with van der Waals surface area (Å²) in [7, 11) is 1.65. The smallest absolute Gasteiger partial charge is 0.573 e. The summed E-state index contributed by atoms with van der Waals surface area (Å²) in [6.07, 6.45) is 2.38. The summed E-state index contributed by atoms with van der Waals surface area (Å²) in [6.45, 7) is 7.98. The number of fused-ring (bicyclic) bond motifs is 5. The molecule has 2 atom stereocenters. The second-order valence-corrected chi connectivity index (χ2v) is 13.2. The van der Waals surface area contributed by atoms with Crippen molar-refractivity contribution in [3.8, 4) is 17.2 Å². The molecule has 0 aromatic heterocycles. The first-order chi connectivity index (χ1) is 22.5. The fourth-order valence-corrected chi connectivity index (χ4v) is 6.71. The molecule has 0 spiro atoms. The van der Waals surface area contributed by atoms with E-state index in [0.717, 1.165) is 57.8 Å². The van der Waals surface area contributed by atoms with Gasteiger partial charge >= 0.3 is 6.36 Å². The molecule has 252 valence electrons. The monoisotopic (exact) mass is 679 g/mol. The number of nitrogens with one attached hydrogen (secondary N) is 1. The van der Waals surface area contributed by atoms with Gasteiger partial charge in [0, 0.05) is 29.6 Å². The van der Waals surface area contributed by atoms with Gasteiger partial charge in [0.15, 0.2) is 11.5 Å². The van der Waals surface area contributed by atoms with E-state index in [9.17, 15) is 13.2 Å². The Bertz CT molecular complexity index is 1820. The summed E-state index contributed by atoms with van der Waals surface area (Å²) in [5.74, 6) is 1.91. The highest BCUT2D eigenvalue weighted by Crippen LogP contribution is 2.43. The SMILES string of the molecule is COC1=CC=C2C(=C[NH+]3CCc4cc5c(cc4C3=C2Cc2ccc(OC(F)(F)F)cc2)OCO5)C1OCc1ccc(C(C)(C)C)cc1.[Cl-]. The lowest BCUT2D eigenvalue weighted by Crippen LogP contribution is -3.06. The van der Waals surface area contributed by atoms with Crippen molar-refractivity contribution in [2.24, 2.45) is 0 Å². The molecule has 1 aliphatic carbocycles. The third-order valence-electron chi connectivity index (χ3n) is 9.09. The van der Waals surface area contributed by atoms with Crippen LogP contribution in [0.1, 0.15) is 48.6 Å². The van der Waals surface area contributed by atoms with Gasteiger partial charge in [-0.05, 0) is 63.6 Å². The molecule has 0 bridgehead atoms. The third kappa shape index (κ3) is 6.72. The van der Waals surface area contributed by atoms with Crippen LogP contribution in [0.25, 0.3) is 5.70 Å². The lowest BCUT2D eigenvalue weighted by Gasteiger charge is -2.36. The maximum absolute atomic E-state index is 12.9. The standard InChI is InChI=1S/C38H36F3NO5.ClH/c1-37(2,3)26-9-5-24(6-10-26)21-44-36-31-20-42-16-15-25-18-33-34(46-22-45-33)19-29(25)35(42)30(28(31)13-14-32(36)43-4)17-23-7-11-27(12-8-23)47-38(39,40)41;/h5-14,18-20,36H,15-17,21-22H2,1-4H3;1H. The van der Waals surface area contributed by atoms with Crippen molar-refractivity contribution in [3.63, 3.8) is 0 Å². The summed E-state index contributed by atoms with van der Waals surface area (Å²) in [5.41, 5.74) is 9.69. The molecule has 7 rings (SSSR count). The largest absolute Gasteiger partial charge is 1.00 e. The number of ether oxygens (including phenoxy) is 5. The number of rotatable bonds is 7. The lowest BCUT2D eigenvalue weighted by molar-refractivity contribution is -0.771. The summed E-state index contributed by atoms with van der Waals surface area (Å²) >= 11 is 0. The van der Waals surface area contributed by atoms with Crippen LogP contribution in [-0.2, 0) is 34.3 Å². The number of halogens is 4. The number of quaternary nitrogens is 1. The zero-order chi connectivity index (χ0) is 32.9. The Morgan fingerprint density at radius 1 is 0.896 bits per heavy atom. The van der Waals surface area contributed by atoms with Crippen molar-refractivity contribution < 1.29 is 54.2 Å². The van der Waals surface area contributed by atoms with E-state index in [-0.39, 0.29) is 30.4 Å². The second-order valence-electron chi connectivity index (χ2n) is 13.2. The van der Waals surface area contributed by atoms with E-state index in [0.29, 0.717) is 24.5 Å². The normalized spacial score (nSPS) is 19.6. The molecule has 10 heteroatoms. The highest BCUT2D eigenvalue weighted by molar-refractivity contribution is 5.77. The molecule has 3 aromatic carbocycles. The van der Waals surface area contributed by atoms with Crippen LogP contribution in [0.2, 0.25) is 0 Å². The fourth-order valence-electron chi connectivity index (χ4n) is 6.71. The molecule has 1 N–H and O–H groups in total. The molecule has 0 saturated heterocycles. The van der Waals surface area contributed by atoms with Gasteiger partial charge in [-0.25, -0.2) is 0 Å². The number of alkyl halides is 3. The highest BCUT2D eigenvalue weighted by Gasteiger charge is 2.40. The maximum Gasteiger partial charge on any atom is 0.573 e. The Morgan fingerprint density at radius 3 is 2.25 bits per heavy atom. The number of benzene rings is 3. The number of methoxy groups -OCH3 is 1. The Kier molecular flexibility index (Phi) is 9.15. The van der Waals surface area contributed by atoms with Crippen LogP contribution in [0.5, 0.6) is 17.2 Å². The summed E-state index contributed by atoms with van der Waals surface area (Å²) in [5, 5.41) is 0. The molecule has 2 unspecified atom stereocenters. The van der Waals surface area contributed by atoms with Gasteiger partial charge in [-0.1, -0.05) is 63.2 Å². The molecular formula is C38H37ClF3NO5. The molecule has 0 fully saturated rings. The van der Waals surface area contributed by atoms with E-state index in [1.54, 1.807) is 19.2 Å². The summed E-state index contributed by atoms with van der Waals surface area (Å²) < 4.78 is 66.6. The van der Waals surface area contributed by atoms with Crippen molar-refractivity contribution >= 4 is 5.70 Å². The van der Waals surface area contributed by atoms with Crippen LogP contribution < -0.4 is 31.5 Å². The van der Waals surface area contributed by atoms with Crippen molar-refractivity contribution in [1.82, 2.24) is 0 Å².